The van der Waals surface area contributed by atoms with E-state index in [2.05, 4.69) is 5.32 Å². The quantitative estimate of drug-likeness (QED) is 0.932. The lowest BCUT2D eigenvalue weighted by Gasteiger charge is -2.38. The molecule has 4 nitrogen and oxygen atoms in total. The number of carbonyl (C=O) groups is 2. The van der Waals surface area contributed by atoms with Crippen LogP contribution < -0.4 is 10.2 Å². The molecule has 0 saturated carbocycles. The number of hydrogen-bond acceptors (Lipinski definition) is 2. The SMILES string of the molecule is CCC1NC(=O)C(CC)N(c2ccc(Cl)cc2F)C1=O. The van der Waals surface area contributed by atoms with Gasteiger partial charge < -0.3 is 5.32 Å². The van der Waals surface area contributed by atoms with Crippen LogP contribution in [0.15, 0.2) is 18.2 Å². The van der Waals surface area contributed by atoms with E-state index in [1.165, 1.54) is 17.0 Å². The van der Waals surface area contributed by atoms with Crippen LogP contribution in [0.3, 0.4) is 0 Å². The summed E-state index contributed by atoms with van der Waals surface area (Å²) in [6, 6.07) is 2.78. The molecule has 2 amide bonds. The van der Waals surface area contributed by atoms with Gasteiger partial charge in [-0.1, -0.05) is 25.4 Å². The molecule has 1 aromatic carbocycles. The monoisotopic (exact) mass is 298 g/mol. The van der Waals surface area contributed by atoms with E-state index >= 15 is 0 Å². The van der Waals surface area contributed by atoms with Crippen molar-refractivity contribution in [1.82, 2.24) is 5.32 Å². The van der Waals surface area contributed by atoms with E-state index < -0.39 is 17.9 Å². The van der Waals surface area contributed by atoms with Gasteiger partial charge in [-0.3, -0.25) is 14.5 Å². The van der Waals surface area contributed by atoms with Crippen LogP contribution in [-0.4, -0.2) is 23.9 Å². The van der Waals surface area contributed by atoms with Gasteiger partial charge >= 0.3 is 0 Å². The summed E-state index contributed by atoms with van der Waals surface area (Å²) in [5.74, 6) is -1.15. The summed E-state index contributed by atoms with van der Waals surface area (Å²) in [4.78, 5) is 25.7. The molecule has 0 spiro atoms. The molecule has 1 N–H and O–H groups in total. The molecule has 108 valence electrons. The molecule has 1 aromatic rings. The highest BCUT2D eigenvalue weighted by molar-refractivity contribution is 6.30. The molecule has 1 aliphatic heterocycles. The lowest BCUT2D eigenvalue weighted by Crippen LogP contribution is -2.63. The lowest BCUT2D eigenvalue weighted by molar-refractivity contribution is -0.134. The van der Waals surface area contributed by atoms with Crippen LogP contribution >= 0.6 is 11.6 Å². The van der Waals surface area contributed by atoms with E-state index in [9.17, 15) is 14.0 Å². The maximum absolute atomic E-state index is 14.1. The molecule has 0 aromatic heterocycles. The van der Waals surface area contributed by atoms with Crippen molar-refractivity contribution in [2.24, 2.45) is 0 Å². The summed E-state index contributed by atoms with van der Waals surface area (Å²) in [7, 11) is 0. The first-order valence-corrected chi connectivity index (χ1v) is 6.95. The molecule has 2 rings (SSSR count). The second-order valence-corrected chi connectivity index (χ2v) is 5.13. The first-order chi connectivity index (χ1) is 9.49. The average molecular weight is 299 g/mol. The van der Waals surface area contributed by atoms with Crippen LogP contribution in [0, 0.1) is 5.82 Å². The number of piperazine rings is 1. The molecule has 20 heavy (non-hydrogen) atoms. The lowest BCUT2D eigenvalue weighted by atomic mass is 10.0. The fraction of sp³-hybridized carbons (Fsp3) is 0.429. The van der Waals surface area contributed by atoms with Crippen molar-refractivity contribution in [2.75, 3.05) is 4.90 Å². The number of rotatable bonds is 3. The Bertz CT molecular complexity index is 550. The van der Waals surface area contributed by atoms with Crippen molar-refractivity contribution in [2.45, 2.75) is 38.8 Å². The summed E-state index contributed by atoms with van der Waals surface area (Å²) >= 11 is 5.72. The van der Waals surface area contributed by atoms with E-state index in [1.54, 1.807) is 13.8 Å². The van der Waals surface area contributed by atoms with Crippen molar-refractivity contribution in [3.05, 3.63) is 29.0 Å². The zero-order valence-electron chi connectivity index (χ0n) is 11.3. The van der Waals surface area contributed by atoms with Crippen LogP contribution in [-0.2, 0) is 9.59 Å². The largest absolute Gasteiger partial charge is 0.342 e. The highest BCUT2D eigenvalue weighted by atomic mass is 35.5. The van der Waals surface area contributed by atoms with Gasteiger partial charge in [0.05, 0.1) is 5.69 Å². The molecule has 1 aliphatic rings. The van der Waals surface area contributed by atoms with Crippen molar-refractivity contribution < 1.29 is 14.0 Å². The van der Waals surface area contributed by atoms with Crippen LogP contribution in [0.4, 0.5) is 10.1 Å². The standard InChI is InChI=1S/C14H16ClFN2O2/c1-3-10-14(20)18(11(4-2)13(19)17-10)12-6-5-8(15)7-9(12)16/h5-7,10-11H,3-4H2,1-2H3,(H,17,19). The molecule has 0 aliphatic carbocycles. The zero-order chi connectivity index (χ0) is 14.9. The van der Waals surface area contributed by atoms with Crippen molar-refractivity contribution in [1.29, 1.82) is 0 Å². The number of nitrogens with one attached hydrogen (secondary N) is 1. The van der Waals surface area contributed by atoms with E-state index in [1.807, 2.05) is 0 Å². The second-order valence-electron chi connectivity index (χ2n) is 4.70. The first kappa shape index (κ1) is 14.8. The van der Waals surface area contributed by atoms with E-state index in [-0.39, 0.29) is 22.5 Å². The molecule has 2 unspecified atom stereocenters. The molecule has 1 heterocycles. The maximum Gasteiger partial charge on any atom is 0.250 e. The summed E-state index contributed by atoms with van der Waals surface area (Å²) in [5, 5.41) is 2.92. The van der Waals surface area contributed by atoms with E-state index in [4.69, 9.17) is 11.6 Å². The molecular formula is C14H16ClFN2O2. The van der Waals surface area contributed by atoms with Gasteiger partial charge in [-0.2, -0.15) is 0 Å². The molecule has 6 heteroatoms. The van der Waals surface area contributed by atoms with Gasteiger partial charge in [0.1, 0.15) is 17.9 Å². The molecule has 0 radical (unpaired) electrons. The van der Waals surface area contributed by atoms with Gasteiger partial charge in [0.2, 0.25) is 11.8 Å². The van der Waals surface area contributed by atoms with Gasteiger partial charge in [0.15, 0.2) is 0 Å². The summed E-state index contributed by atoms with van der Waals surface area (Å²) in [5.41, 5.74) is 0.0968. The third kappa shape index (κ3) is 2.50. The number of carbonyl (C=O) groups excluding carboxylic acids is 2. The molecule has 0 bridgehead atoms. The highest BCUT2D eigenvalue weighted by Gasteiger charge is 2.40. The Hall–Kier alpha value is -1.62. The Kier molecular flexibility index (Phi) is 4.28. The van der Waals surface area contributed by atoms with Gasteiger partial charge in [0.25, 0.3) is 0 Å². The van der Waals surface area contributed by atoms with Crippen molar-refractivity contribution in [3.63, 3.8) is 0 Å². The van der Waals surface area contributed by atoms with E-state index in [0.717, 1.165) is 6.07 Å². The van der Waals surface area contributed by atoms with Gasteiger partial charge in [-0.25, -0.2) is 4.39 Å². The molecular weight excluding hydrogens is 283 g/mol. The van der Waals surface area contributed by atoms with E-state index in [0.29, 0.717) is 12.8 Å². The Labute approximate surface area is 121 Å². The number of halogens is 2. The number of benzene rings is 1. The predicted molar refractivity (Wildman–Crippen MR) is 75.2 cm³/mol. The smallest absolute Gasteiger partial charge is 0.250 e. The molecule has 1 fully saturated rings. The Morgan fingerprint density at radius 1 is 1.30 bits per heavy atom. The first-order valence-electron chi connectivity index (χ1n) is 6.58. The van der Waals surface area contributed by atoms with Crippen LogP contribution in [0.2, 0.25) is 5.02 Å². The van der Waals surface area contributed by atoms with Gasteiger partial charge in [-0.05, 0) is 31.0 Å². The fourth-order valence-corrected chi connectivity index (χ4v) is 2.54. The minimum atomic E-state index is -0.694. The van der Waals surface area contributed by atoms with Crippen molar-refractivity contribution >= 4 is 29.1 Å². The predicted octanol–water partition coefficient (Wildman–Crippen LogP) is 2.50. The van der Waals surface area contributed by atoms with Gasteiger partial charge in [-0.15, -0.1) is 0 Å². The third-order valence-electron chi connectivity index (χ3n) is 3.43. The number of nitrogens with zero attached hydrogens (tertiary/aromatic N) is 1. The Balaban J connectivity index is 2.47. The van der Waals surface area contributed by atoms with Crippen molar-refractivity contribution in [3.8, 4) is 0 Å². The van der Waals surface area contributed by atoms with Crippen LogP contribution in [0.5, 0.6) is 0 Å². The highest BCUT2D eigenvalue weighted by Crippen LogP contribution is 2.28. The zero-order valence-corrected chi connectivity index (χ0v) is 12.1. The normalized spacial score (nSPS) is 22.9. The Morgan fingerprint density at radius 2 is 2.00 bits per heavy atom. The maximum atomic E-state index is 14.1. The fourth-order valence-electron chi connectivity index (χ4n) is 2.38. The topological polar surface area (TPSA) is 49.4 Å². The average Bonchev–Trinajstić information content (AvgIpc) is 2.41. The Morgan fingerprint density at radius 3 is 2.55 bits per heavy atom. The van der Waals surface area contributed by atoms with Gasteiger partial charge in [0, 0.05) is 5.02 Å². The minimum Gasteiger partial charge on any atom is -0.342 e. The number of anilines is 1. The van der Waals surface area contributed by atoms with Crippen LogP contribution in [0.25, 0.3) is 0 Å². The summed E-state index contributed by atoms with van der Waals surface area (Å²) in [6.07, 6.45) is 0.878. The number of amides is 2. The minimum absolute atomic E-state index is 0.0968. The molecule has 1 saturated heterocycles. The second kappa shape index (κ2) is 5.79. The van der Waals surface area contributed by atoms with Crippen LogP contribution in [0.1, 0.15) is 26.7 Å². The summed E-state index contributed by atoms with van der Waals surface area (Å²) in [6.45, 7) is 3.58. The third-order valence-corrected chi connectivity index (χ3v) is 3.67. The number of hydrogen-bond donors (Lipinski definition) is 1. The molecule has 2 atom stereocenters. The summed E-state index contributed by atoms with van der Waals surface area (Å²) < 4.78 is 14.1.